The Morgan fingerprint density at radius 2 is 2.18 bits per heavy atom. The molecule has 1 aliphatic heterocycles. The van der Waals surface area contributed by atoms with Gasteiger partial charge < -0.3 is 10.0 Å². The number of hydrogen-bond donors (Lipinski definition) is 2. The Labute approximate surface area is 101 Å². The number of carbonyl (C=O) groups is 1. The molecule has 1 aromatic carbocycles. The minimum absolute atomic E-state index is 0.0556. The number of rotatable bonds is 2. The topological polar surface area (TPSA) is 52.6 Å². The first-order valence-corrected chi connectivity index (χ1v) is 5.87. The highest BCUT2D eigenvalue weighted by Gasteiger charge is 2.32. The Hall–Kier alpha value is -1.39. The van der Waals surface area contributed by atoms with E-state index >= 15 is 0 Å². The van der Waals surface area contributed by atoms with Gasteiger partial charge in [0.2, 0.25) is 5.91 Å². The van der Waals surface area contributed by atoms with Crippen LogP contribution in [0, 0.1) is 6.92 Å². The maximum Gasteiger partial charge on any atom is 0.246 e. The lowest BCUT2D eigenvalue weighted by Gasteiger charge is -2.37. The smallest absolute Gasteiger partial charge is 0.246 e. The average Bonchev–Trinajstić information content (AvgIpc) is 2.32. The van der Waals surface area contributed by atoms with Crippen LogP contribution in [0.25, 0.3) is 0 Å². The molecule has 1 amide bonds. The minimum atomic E-state index is -0.488. The zero-order valence-corrected chi connectivity index (χ0v) is 10.2. The number of para-hydroxylation sites is 1. The van der Waals surface area contributed by atoms with E-state index in [1.165, 1.54) is 0 Å². The monoisotopic (exact) mass is 234 g/mol. The highest BCUT2D eigenvalue weighted by atomic mass is 16.3. The van der Waals surface area contributed by atoms with Gasteiger partial charge in [-0.2, -0.15) is 0 Å². The molecule has 0 spiro atoms. The highest BCUT2D eigenvalue weighted by Crippen LogP contribution is 2.22. The van der Waals surface area contributed by atoms with Crippen LogP contribution in [0.3, 0.4) is 0 Å². The fourth-order valence-corrected chi connectivity index (χ4v) is 2.23. The average molecular weight is 234 g/mol. The van der Waals surface area contributed by atoms with Crippen LogP contribution in [0.1, 0.15) is 12.5 Å². The largest absolute Gasteiger partial charge is 0.394 e. The number of aryl methyl sites for hydroxylation is 1. The molecular weight excluding hydrogens is 216 g/mol. The van der Waals surface area contributed by atoms with Gasteiger partial charge in [0.25, 0.3) is 0 Å². The SMILES string of the molecule is Cc1ccccc1N1CC(C)NC(CO)C1=O. The van der Waals surface area contributed by atoms with Crippen LogP contribution in [0.2, 0.25) is 0 Å². The van der Waals surface area contributed by atoms with Gasteiger partial charge in [-0.3, -0.25) is 10.1 Å². The Morgan fingerprint density at radius 1 is 1.47 bits per heavy atom. The van der Waals surface area contributed by atoms with Gasteiger partial charge in [-0.25, -0.2) is 0 Å². The third-order valence-electron chi connectivity index (χ3n) is 3.10. The van der Waals surface area contributed by atoms with Gasteiger partial charge >= 0.3 is 0 Å². The van der Waals surface area contributed by atoms with Crippen molar-refractivity contribution in [2.75, 3.05) is 18.1 Å². The lowest BCUT2D eigenvalue weighted by Crippen LogP contribution is -2.60. The second kappa shape index (κ2) is 4.85. The molecule has 4 heteroatoms. The van der Waals surface area contributed by atoms with E-state index in [0.29, 0.717) is 6.54 Å². The maximum atomic E-state index is 12.2. The molecule has 92 valence electrons. The van der Waals surface area contributed by atoms with Crippen molar-refractivity contribution in [3.05, 3.63) is 29.8 Å². The summed E-state index contributed by atoms with van der Waals surface area (Å²) in [6.07, 6.45) is 0. The van der Waals surface area contributed by atoms with Gasteiger partial charge in [0.05, 0.1) is 6.61 Å². The molecule has 1 aliphatic rings. The fourth-order valence-electron chi connectivity index (χ4n) is 2.23. The summed E-state index contributed by atoms with van der Waals surface area (Å²) < 4.78 is 0. The summed E-state index contributed by atoms with van der Waals surface area (Å²) in [5, 5.41) is 12.3. The molecule has 0 aliphatic carbocycles. The second-order valence-corrected chi connectivity index (χ2v) is 4.54. The van der Waals surface area contributed by atoms with Gasteiger partial charge in [0.15, 0.2) is 0 Å². The Bertz CT molecular complexity index is 420. The van der Waals surface area contributed by atoms with Crippen LogP contribution in [0.4, 0.5) is 5.69 Å². The normalized spacial score (nSPS) is 25.1. The summed E-state index contributed by atoms with van der Waals surface area (Å²) in [7, 11) is 0. The fraction of sp³-hybridized carbons (Fsp3) is 0.462. The number of hydrogen-bond acceptors (Lipinski definition) is 3. The molecule has 17 heavy (non-hydrogen) atoms. The third-order valence-corrected chi connectivity index (χ3v) is 3.10. The quantitative estimate of drug-likeness (QED) is 0.791. The van der Waals surface area contributed by atoms with Crippen molar-refractivity contribution in [1.82, 2.24) is 5.32 Å². The molecule has 0 bridgehead atoms. The first-order valence-electron chi connectivity index (χ1n) is 5.87. The molecule has 1 heterocycles. The van der Waals surface area contributed by atoms with Gasteiger partial charge in [-0.15, -0.1) is 0 Å². The van der Waals surface area contributed by atoms with Crippen molar-refractivity contribution in [3.63, 3.8) is 0 Å². The Morgan fingerprint density at radius 3 is 2.82 bits per heavy atom. The van der Waals surface area contributed by atoms with Crippen molar-refractivity contribution in [2.45, 2.75) is 25.9 Å². The Balaban J connectivity index is 2.31. The van der Waals surface area contributed by atoms with Crippen molar-refractivity contribution in [1.29, 1.82) is 0 Å². The number of aliphatic hydroxyl groups is 1. The van der Waals surface area contributed by atoms with E-state index in [1.54, 1.807) is 4.90 Å². The van der Waals surface area contributed by atoms with Crippen LogP contribution in [-0.4, -0.2) is 36.2 Å². The molecule has 1 saturated heterocycles. The van der Waals surface area contributed by atoms with Crippen LogP contribution < -0.4 is 10.2 Å². The van der Waals surface area contributed by atoms with Crippen molar-refractivity contribution in [3.8, 4) is 0 Å². The van der Waals surface area contributed by atoms with E-state index in [2.05, 4.69) is 5.32 Å². The third kappa shape index (κ3) is 2.33. The number of piperazine rings is 1. The summed E-state index contributed by atoms with van der Waals surface area (Å²) in [6.45, 7) is 4.48. The molecule has 0 aromatic heterocycles. The summed E-state index contributed by atoms with van der Waals surface area (Å²) in [4.78, 5) is 13.9. The van der Waals surface area contributed by atoms with Gasteiger partial charge in [-0.05, 0) is 25.5 Å². The van der Waals surface area contributed by atoms with Gasteiger partial charge in [-0.1, -0.05) is 18.2 Å². The summed E-state index contributed by atoms with van der Waals surface area (Å²) >= 11 is 0. The zero-order chi connectivity index (χ0) is 12.4. The summed E-state index contributed by atoms with van der Waals surface area (Å²) in [5.41, 5.74) is 2.01. The van der Waals surface area contributed by atoms with Gasteiger partial charge in [0.1, 0.15) is 6.04 Å². The van der Waals surface area contributed by atoms with E-state index in [9.17, 15) is 9.90 Å². The minimum Gasteiger partial charge on any atom is -0.394 e. The van der Waals surface area contributed by atoms with Crippen molar-refractivity contribution >= 4 is 11.6 Å². The van der Waals surface area contributed by atoms with Crippen LogP contribution in [0.15, 0.2) is 24.3 Å². The predicted molar refractivity (Wildman–Crippen MR) is 67.0 cm³/mol. The molecule has 2 rings (SSSR count). The van der Waals surface area contributed by atoms with E-state index in [-0.39, 0.29) is 18.6 Å². The molecule has 2 unspecified atom stereocenters. The van der Waals surface area contributed by atoms with E-state index in [4.69, 9.17) is 0 Å². The molecule has 1 aromatic rings. The van der Waals surface area contributed by atoms with Crippen molar-refractivity contribution < 1.29 is 9.90 Å². The Kier molecular flexibility index (Phi) is 3.45. The number of amides is 1. The molecule has 0 saturated carbocycles. The molecule has 1 fully saturated rings. The summed E-state index contributed by atoms with van der Waals surface area (Å²) in [5.74, 6) is -0.0556. The first-order chi connectivity index (χ1) is 8.13. The molecule has 4 nitrogen and oxygen atoms in total. The lowest BCUT2D eigenvalue weighted by molar-refractivity contribution is -0.123. The number of aliphatic hydroxyl groups excluding tert-OH is 1. The van der Waals surface area contributed by atoms with E-state index < -0.39 is 6.04 Å². The predicted octanol–water partition coefficient (Wildman–Crippen LogP) is 0.681. The molecular formula is C13H18N2O2. The first kappa shape index (κ1) is 12.1. The number of anilines is 1. The maximum absolute atomic E-state index is 12.2. The lowest BCUT2D eigenvalue weighted by atomic mass is 10.1. The number of nitrogens with one attached hydrogen (secondary N) is 1. The van der Waals surface area contributed by atoms with E-state index in [0.717, 1.165) is 11.3 Å². The number of benzene rings is 1. The van der Waals surface area contributed by atoms with Crippen molar-refractivity contribution in [2.24, 2.45) is 0 Å². The number of nitrogens with zero attached hydrogens (tertiary/aromatic N) is 1. The van der Waals surface area contributed by atoms with E-state index in [1.807, 2.05) is 38.1 Å². The second-order valence-electron chi connectivity index (χ2n) is 4.54. The van der Waals surface area contributed by atoms with Crippen LogP contribution in [0.5, 0.6) is 0 Å². The standard InChI is InChI=1S/C13H18N2O2/c1-9-5-3-4-6-12(9)15-7-10(2)14-11(8-16)13(15)17/h3-6,10-11,14,16H,7-8H2,1-2H3. The molecule has 0 radical (unpaired) electrons. The highest BCUT2D eigenvalue weighted by molar-refractivity contribution is 5.98. The van der Waals surface area contributed by atoms with Crippen LogP contribution >= 0.6 is 0 Å². The zero-order valence-electron chi connectivity index (χ0n) is 10.2. The summed E-state index contributed by atoms with van der Waals surface area (Å²) in [6, 6.07) is 7.51. The number of carbonyl (C=O) groups excluding carboxylic acids is 1. The molecule has 2 atom stereocenters. The van der Waals surface area contributed by atoms with Crippen LogP contribution in [-0.2, 0) is 4.79 Å². The van der Waals surface area contributed by atoms with Gasteiger partial charge in [0, 0.05) is 18.3 Å². The molecule has 2 N–H and O–H groups in total.